The Kier molecular flexibility index (Phi) is 5.42. The summed E-state index contributed by atoms with van der Waals surface area (Å²) in [6.07, 6.45) is 5.63. The zero-order valence-corrected chi connectivity index (χ0v) is 18.8. The van der Waals surface area contributed by atoms with Crippen molar-refractivity contribution < 1.29 is 9.59 Å². The van der Waals surface area contributed by atoms with Crippen LogP contribution in [0.4, 0.5) is 10.5 Å². The van der Waals surface area contributed by atoms with Crippen LogP contribution in [0.25, 0.3) is 0 Å². The average molecular weight is 436 g/mol. The second kappa shape index (κ2) is 8.23. The lowest BCUT2D eigenvalue weighted by atomic mass is 9.95. The van der Waals surface area contributed by atoms with Crippen LogP contribution in [0.15, 0.2) is 48.5 Å². The summed E-state index contributed by atoms with van der Waals surface area (Å²) in [6, 6.07) is 16.4. The van der Waals surface area contributed by atoms with Gasteiger partial charge in [0.2, 0.25) is 0 Å². The third-order valence-corrected chi connectivity index (χ3v) is 8.13. The molecule has 5 rings (SSSR count). The quantitative estimate of drug-likeness (QED) is 0.754. The third kappa shape index (κ3) is 3.51. The molecule has 2 aliphatic heterocycles. The molecule has 1 saturated carbocycles. The molecule has 1 atom stereocenters. The molecule has 2 fully saturated rings. The van der Waals surface area contributed by atoms with E-state index in [9.17, 15) is 9.59 Å². The third-order valence-electron chi connectivity index (χ3n) is 6.71. The minimum absolute atomic E-state index is 0.00162. The van der Waals surface area contributed by atoms with Gasteiger partial charge in [-0.05, 0) is 31.4 Å². The molecule has 1 saturated heterocycles. The number of carbonyl (C=O) groups excluding carboxylic acids is 2. The highest BCUT2D eigenvalue weighted by molar-refractivity contribution is 8.01. The summed E-state index contributed by atoms with van der Waals surface area (Å²) in [6.45, 7) is 3.14. The summed E-state index contributed by atoms with van der Waals surface area (Å²) in [7, 11) is 0. The fraction of sp³-hybridized carbons (Fsp3) is 0.440. The van der Waals surface area contributed by atoms with Gasteiger partial charge in [-0.1, -0.05) is 67.3 Å². The molecule has 5 nitrogen and oxygen atoms in total. The summed E-state index contributed by atoms with van der Waals surface area (Å²) >= 11 is 1.60. The zero-order chi connectivity index (χ0) is 21.4. The molecule has 1 unspecified atom stereocenters. The Bertz CT molecular complexity index is 990. The number of anilines is 1. The molecule has 0 aromatic heterocycles. The fourth-order valence-electron chi connectivity index (χ4n) is 5.15. The lowest BCUT2D eigenvalue weighted by Crippen LogP contribution is -2.55. The first kappa shape index (κ1) is 20.4. The first-order valence-electron chi connectivity index (χ1n) is 11.3. The smallest absolute Gasteiger partial charge is 0.319 e. The van der Waals surface area contributed by atoms with E-state index < -0.39 is 4.87 Å². The lowest BCUT2D eigenvalue weighted by molar-refractivity contribution is -0.123. The average Bonchev–Trinajstić information content (AvgIpc) is 3.33. The van der Waals surface area contributed by atoms with Crippen molar-refractivity contribution >= 4 is 29.4 Å². The Balaban J connectivity index is 1.50. The Labute approximate surface area is 188 Å². The molecule has 1 spiro atoms. The van der Waals surface area contributed by atoms with Crippen LogP contribution in [0.2, 0.25) is 0 Å². The Hall–Kier alpha value is -2.47. The van der Waals surface area contributed by atoms with Crippen LogP contribution >= 0.6 is 11.8 Å². The second-order valence-electron chi connectivity index (χ2n) is 8.83. The number of nitrogens with zero attached hydrogens (tertiary/aromatic N) is 2. The molecule has 1 aliphatic carbocycles. The van der Waals surface area contributed by atoms with Crippen molar-refractivity contribution in [1.29, 1.82) is 0 Å². The Morgan fingerprint density at radius 3 is 2.68 bits per heavy atom. The fourth-order valence-corrected chi connectivity index (χ4v) is 6.60. The van der Waals surface area contributed by atoms with Crippen LogP contribution in [0, 0.1) is 6.92 Å². The molecule has 2 aromatic rings. The van der Waals surface area contributed by atoms with Crippen LogP contribution < -0.4 is 10.2 Å². The number of thioether (sulfide) groups is 1. The maximum absolute atomic E-state index is 14.0. The van der Waals surface area contributed by atoms with Gasteiger partial charge in [0.05, 0.1) is 12.2 Å². The van der Waals surface area contributed by atoms with Gasteiger partial charge in [0.15, 0.2) is 4.87 Å². The van der Waals surface area contributed by atoms with E-state index in [0.29, 0.717) is 13.1 Å². The van der Waals surface area contributed by atoms with Gasteiger partial charge < -0.3 is 10.2 Å². The van der Waals surface area contributed by atoms with E-state index in [-0.39, 0.29) is 18.0 Å². The van der Waals surface area contributed by atoms with Crippen LogP contribution in [0.5, 0.6) is 0 Å². The van der Waals surface area contributed by atoms with Crippen molar-refractivity contribution in [3.8, 4) is 0 Å². The van der Waals surface area contributed by atoms with Crippen molar-refractivity contribution in [2.45, 2.75) is 56.5 Å². The predicted octanol–water partition coefficient (Wildman–Crippen LogP) is 4.79. The molecule has 2 aromatic carbocycles. The van der Waals surface area contributed by atoms with Crippen LogP contribution in [-0.4, -0.2) is 35.2 Å². The number of nitrogens with one attached hydrogen (secondary N) is 1. The van der Waals surface area contributed by atoms with E-state index in [0.717, 1.165) is 53.8 Å². The number of amides is 3. The largest absolute Gasteiger partial charge is 0.335 e. The lowest BCUT2D eigenvalue weighted by Gasteiger charge is -2.35. The molecule has 0 bridgehead atoms. The summed E-state index contributed by atoms with van der Waals surface area (Å²) in [4.78, 5) is 30.1. The highest BCUT2D eigenvalue weighted by Gasteiger charge is 2.59. The van der Waals surface area contributed by atoms with E-state index in [1.165, 1.54) is 6.42 Å². The van der Waals surface area contributed by atoms with Crippen LogP contribution in [-0.2, 0) is 16.2 Å². The van der Waals surface area contributed by atoms with Crippen molar-refractivity contribution in [2.75, 3.05) is 17.2 Å². The number of aryl methyl sites for hydroxylation is 1. The number of benzene rings is 2. The minimum atomic E-state index is -0.963. The first-order valence-corrected chi connectivity index (χ1v) is 12.3. The summed E-state index contributed by atoms with van der Waals surface area (Å²) in [5, 5.41) is 3.25. The maximum Gasteiger partial charge on any atom is 0.319 e. The Morgan fingerprint density at radius 1 is 1.13 bits per heavy atom. The summed E-state index contributed by atoms with van der Waals surface area (Å²) < 4.78 is 0. The number of fused-ring (bicyclic) bond motifs is 2. The van der Waals surface area contributed by atoms with Gasteiger partial charge in [-0.15, -0.1) is 11.8 Å². The molecular weight excluding hydrogens is 406 g/mol. The van der Waals surface area contributed by atoms with Gasteiger partial charge >= 0.3 is 6.03 Å². The SMILES string of the molecule is Cc1ccc2c(c1)C1(SCCN1C(=O)NC1CCCCC1)C(=O)N2Cc1ccccc1. The van der Waals surface area contributed by atoms with E-state index >= 15 is 0 Å². The van der Waals surface area contributed by atoms with Gasteiger partial charge in [0, 0.05) is 23.9 Å². The molecule has 6 heteroatoms. The van der Waals surface area contributed by atoms with E-state index in [4.69, 9.17) is 0 Å². The number of urea groups is 1. The predicted molar refractivity (Wildman–Crippen MR) is 125 cm³/mol. The summed E-state index contributed by atoms with van der Waals surface area (Å²) in [5.41, 5.74) is 4.06. The van der Waals surface area contributed by atoms with E-state index in [1.54, 1.807) is 16.7 Å². The second-order valence-corrected chi connectivity index (χ2v) is 10.1. The minimum Gasteiger partial charge on any atom is -0.335 e. The van der Waals surface area contributed by atoms with Gasteiger partial charge in [-0.3, -0.25) is 9.69 Å². The molecule has 3 aliphatic rings. The summed E-state index contributed by atoms with van der Waals surface area (Å²) in [5.74, 6) is 0.759. The monoisotopic (exact) mass is 435 g/mol. The molecule has 0 radical (unpaired) electrons. The van der Waals surface area contributed by atoms with Gasteiger partial charge in [-0.25, -0.2) is 4.79 Å². The topological polar surface area (TPSA) is 52.7 Å². The molecule has 3 amide bonds. The van der Waals surface area contributed by atoms with E-state index in [1.807, 2.05) is 48.2 Å². The number of rotatable bonds is 3. The maximum atomic E-state index is 14.0. The molecule has 1 N–H and O–H groups in total. The van der Waals surface area contributed by atoms with Crippen molar-refractivity contribution in [2.24, 2.45) is 0 Å². The first-order chi connectivity index (χ1) is 15.1. The number of hydrogen-bond donors (Lipinski definition) is 1. The normalized spacial score (nSPS) is 23.5. The van der Waals surface area contributed by atoms with Gasteiger partial charge in [-0.2, -0.15) is 0 Å². The van der Waals surface area contributed by atoms with E-state index in [2.05, 4.69) is 17.4 Å². The van der Waals surface area contributed by atoms with Crippen LogP contribution in [0.1, 0.15) is 48.8 Å². The van der Waals surface area contributed by atoms with Crippen molar-refractivity contribution in [3.05, 3.63) is 65.2 Å². The molecule has 31 heavy (non-hydrogen) atoms. The highest BCUT2D eigenvalue weighted by atomic mass is 32.2. The number of carbonyl (C=O) groups is 2. The van der Waals surface area contributed by atoms with Gasteiger partial charge in [0.25, 0.3) is 5.91 Å². The van der Waals surface area contributed by atoms with Gasteiger partial charge in [0.1, 0.15) is 0 Å². The Morgan fingerprint density at radius 2 is 1.90 bits per heavy atom. The molecular formula is C25H29N3O2S. The zero-order valence-electron chi connectivity index (χ0n) is 18.0. The molecule has 162 valence electrons. The van der Waals surface area contributed by atoms with Crippen molar-refractivity contribution in [3.63, 3.8) is 0 Å². The van der Waals surface area contributed by atoms with Crippen molar-refractivity contribution in [1.82, 2.24) is 10.2 Å². The number of hydrogen-bond acceptors (Lipinski definition) is 3. The highest BCUT2D eigenvalue weighted by Crippen LogP contribution is 2.54. The van der Waals surface area contributed by atoms with Crippen LogP contribution in [0.3, 0.4) is 0 Å². The standard InChI is InChI=1S/C25H29N3O2S/c1-18-12-13-22-21(16-18)25(23(29)27(22)17-19-8-4-2-5-9-19)28(14-15-31-25)24(30)26-20-10-6-3-7-11-20/h2,4-5,8-9,12-13,16,20H,3,6-7,10-11,14-15,17H2,1H3,(H,26,30). The molecule has 2 heterocycles.